The summed E-state index contributed by atoms with van der Waals surface area (Å²) < 4.78 is 27.7. The van der Waals surface area contributed by atoms with Crippen molar-refractivity contribution in [3.8, 4) is 6.07 Å². The lowest BCUT2D eigenvalue weighted by molar-refractivity contribution is 0.285. The SMILES string of the molecule is CCN(C1CCN(Cc2ccccc2)C1)S(=O)(=O)c1ccc(C#N)cc1. The molecule has 2 aromatic carbocycles. The summed E-state index contributed by atoms with van der Waals surface area (Å²) in [5.74, 6) is 0. The number of likely N-dealkylation sites (N-methyl/N-ethyl adjacent to an activating group) is 1. The van der Waals surface area contributed by atoms with Gasteiger partial charge in [0.2, 0.25) is 10.0 Å². The summed E-state index contributed by atoms with van der Waals surface area (Å²) >= 11 is 0. The Hall–Kier alpha value is -2.20. The largest absolute Gasteiger partial charge is 0.297 e. The van der Waals surface area contributed by atoms with Crippen molar-refractivity contribution in [1.29, 1.82) is 5.26 Å². The van der Waals surface area contributed by atoms with Gasteiger partial charge in [-0.05, 0) is 36.2 Å². The highest BCUT2D eigenvalue weighted by Crippen LogP contribution is 2.24. The van der Waals surface area contributed by atoms with Gasteiger partial charge >= 0.3 is 0 Å². The number of nitriles is 1. The Bertz CT molecular complexity index is 874. The predicted molar refractivity (Wildman–Crippen MR) is 101 cm³/mol. The van der Waals surface area contributed by atoms with Gasteiger partial charge in [0.25, 0.3) is 0 Å². The third kappa shape index (κ3) is 3.96. The molecule has 0 saturated carbocycles. The van der Waals surface area contributed by atoms with Gasteiger partial charge in [0.05, 0.1) is 16.5 Å². The second-order valence-electron chi connectivity index (χ2n) is 6.51. The van der Waals surface area contributed by atoms with Gasteiger partial charge in [-0.15, -0.1) is 0 Å². The third-order valence-electron chi connectivity index (χ3n) is 4.81. The zero-order valence-electron chi connectivity index (χ0n) is 14.9. The quantitative estimate of drug-likeness (QED) is 0.785. The van der Waals surface area contributed by atoms with Gasteiger partial charge in [-0.25, -0.2) is 8.42 Å². The number of hydrogen-bond donors (Lipinski definition) is 0. The van der Waals surface area contributed by atoms with Crippen LogP contribution in [0.4, 0.5) is 0 Å². The Labute approximate surface area is 155 Å². The minimum absolute atomic E-state index is 0.0237. The van der Waals surface area contributed by atoms with E-state index < -0.39 is 10.0 Å². The molecule has 0 amide bonds. The smallest absolute Gasteiger partial charge is 0.243 e. The fraction of sp³-hybridized carbons (Fsp3) is 0.350. The molecule has 1 aliphatic rings. The Kier molecular flexibility index (Phi) is 5.72. The first kappa shape index (κ1) is 18.6. The molecule has 26 heavy (non-hydrogen) atoms. The molecule has 0 aromatic heterocycles. The van der Waals surface area contributed by atoms with Gasteiger partial charge in [-0.2, -0.15) is 9.57 Å². The number of benzene rings is 2. The Morgan fingerprint density at radius 2 is 1.85 bits per heavy atom. The van der Waals surface area contributed by atoms with Gasteiger partial charge in [-0.3, -0.25) is 4.90 Å². The summed E-state index contributed by atoms with van der Waals surface area (Å²) in [5, 5.41) is 8.89. The van der Waals surface area contributed by atoms with Crippen LogP contribution in [0.2, 0.25) is 0 Å². The maximum Gasteiger partial charge on any atom is 0.243 e. The molecule has 1 fully saturated rings. The molecule has 136 valence electrons. The Morgan fingerprint density at radius 1 is 1.15 bits per heavy atom. The van der Waals surface area contributed by atoms with E-state index in [1.165, 1.54) is 17.7 Å². The maximum absolute atomic E-state index is 13.0. The molecule has 1 atom stereocenters. The second kappa shape index (κ2) is 8.00. The molecule has 6 heteroatoms. The van der Waals surface area contributed by atoms with Crippen LogP contribution in [-0.4, -0.2) is 43.3 Å². The highest BCUT2D eigenvalue weighted by molar-refractivity contribution is 7.89. The van der Waals surface area contributed by atoms with Crippen LogP contribution in [0.25, 0.3) is 0 Å². The molecule has 3 rings (SSSR count). The molecule has 0 aliphatic carbocycles. The van der Waals surface area contributed by atoms with Crippen LogP contribution in [0.1, 0.15) is 24.5 Å². The molecule has 1 saturated heterocycles. The van der Waals surface area contributed by atoms with Gasteiger partial charge in [0.1, 0.15) is 0 Å². The van der Waals surface area contributed by atoms with E-state index in [4.69, 9.17) is 5.26 Å². The van der Waals surface area contributed by atoms with Gasteiger partial charge in [0.15, 0.2) is 0 Å². The van der Waals surface area contributed by atoms with Crippen molar-refractivity contribution >= 4 is 10.0 Å². The van der Waals surface area contributed by atoms with Crippen LogP contribution < -0.4 is 0 Å². The van der Waals surface area contributed by atoms with Gasteiger partial charge in [-0.1, -0.05) is 37.3 Å². The normalized spacial score (nSPS) is 18.1. The molecule has 5 nitrogen and oxygen atoms in total. The average molecular weight is 369 g/mol. The van der Waals surface area contributed by atoms with Crippen molar-refractivity contribution in [2.75, 3.05) is 19.6 Å². The zero-order valence-corrected chi connectivity index (χ0v) is 15.7. The number of rotatable bonds is 6. The van der Waals surface area contributed by atoms with Crippen LogP contribution >= 0.6 is 0 Å². The first-order valence-corrected chi connectivity index (χ1v) is 10.3. The van der Waals surface area contributed by atoms with Crippen molar-refractivity contribution in [3.63, 3.8) is 0 Å². The topological polar surface area (TPSA) is 64.4 Å². The lowest BCUT2D eigenvalue weighted by Crippen LogP contribution is -2.41. The summed E-state index contributed by atoms with van der Waals surface area (Å²) in [6.07, 6.45) is 0.830. The monoisotopic (exact) mass is 369 g/mol. The van der Waals surface area contributed by atoms with Crippen LogP contribution in [0.15, 0.2) is 59.5 Å². The van der Waals surface area contributed by atoms with Crippen LogP contribution in [-0.2, 0) is 16.6 Å². The van der Waals surface area contributed by atoms with Crippen LogP contribution in [0.3, 0.4) is 0 Å². The number of likely N-dealkylation sites (tertiary alicyclic amines) is 1. The minimum atomic E-state index is -3.56. The average Bonchev–Trinajstić information content (AvgIpc) is 3.11. The zero-order chi connectivity index (χ0) is 18.6. The van der Waals surface area contributed by atoms with Gasteiger partial charge in [0, 0.05) is 32.2 Å². The first-order valence-electron chi connectivity index (χ1n) is 8.83. The molecular formula is C20H23N3O2S. The van der Waals surface area contributed by atoms with Crippen LogP contribution in [0.5, 0.6) is 0 Å². The second-order valence-corrected chi connectivity index (χ2v) is 8.40. The van der Waals surface area contributed by atoms with E-state index >= 15 is 0 Å². The number of hydrogen-bond acceptors (Lipinski definition) is 4. The van der Waals surface area contributed by atoms with Gasteiger partial charge < -0.3 is 0 Å². The molecule has 0 spiro atoms. The molecular weight excluding hydrogens is 346 g/mol. The van der Waals surface area contributed by atoms with E-state index in [0.29, 0.717) is 12.1 Å². The summed E-state index contributed by atoms with van der Waals surface area (Å²) in [5.41, 5.74) is 1.70. The van der Waals surface area contributed by atoms with Crippen molar-refractivity contribution in [2.24, 2.45) is 0 Å². The molecule has 1 heterocycles. The third-order valence-corrected chi connectivity index (χ3v) is 6.85. The molecule has 0 radical (unpaired) electrons. The fourth-order valence-corrected chi connectivity index (χ4v) is 5.15. The van der Waals surface area contributed by atoms with E-state index in [1.807, 2.05) is 31.2 Å². The highest BCUT2D eigenvalue weighted by atomic mass is 32.2. The number of sulfonamides is 1. The molecule has 1 aliphatic heterocycles. The first-order chi connectivity index (χ1) is 12.5. The highest BCUT2D eigenvalue weighted by Gasteiger charge is 2.34. The fourth-order valence-electron chi connectivity index (χ4n) is 3.49. The van der Waals surface area contributed by atoms with E-state index in [-0.39, 0.29) is 10.9 Å². The van der Waals surface area contributed by atoms with Crippen LogP contribution in [0, 0.1) is 11.3 Å². The van der Waals surface area contributed by atoms with Crippen molar-refractivity contribution in [1.82, 2.24) is 9.21 Å². The lowest BCUT2D eigenvalue weighted by atomic mass is 10.2. The molecule has 2 aromatic rings. The number of nitrogens with zero attached hydrogens (tertiary/aromatic N) is 3. The molecule has 0 bridgehead atoms. The minimum Gasteiger partial charge on any atom is -0.297 e. The molecule has 1 unspecified atom stereocenters. The lowest BCUT2D eigenvalue weighted by Gasteiger charge is -2.27. The van der Waals surface area contributed by atoms with E-state index in [0.717, 1.165) is 26.1 Å². The van der Waals surface area contributed by atoms with E-state index in [2.05, 4.69) is 17.0 Å². The van der Waals surface area contributed by atoms with E-state index in [9.17, 15) is 8.42 Å². The predicted octanol–water partition coefficient (Wildman–Crippen LogP) is 2.84. The maximum atomic E-state index is 13.0. The summed E-state index contributed by atoms with van der Waals surface area (Å²) in [7, 11) is -3.56. The van der Waals surface area contributed by atoms with Crippen molar-refractivity contribution in [3.05, 3.63) is 65.7 Å². The summed E-state index contributed by atoms with van der Waals surface area (Å²) in [6.45, 7) is 4.77. The Balaban J connectivity index is 1.73. The summed E-state index contributed by atoms with van der Waals surface area (Å²) in [6, 6.07) is 18.4. The van der Waals surface area contributed by atoms with Crippen molar-refractivity contribution in [2.45, 2.75) is 30.8 Å². The van der Waals surface area contributed by atoms with E-state index in [1.54, 1.807) is 16.4 Å². The standard InChI is InChI=1S/C20H23N3O2S/c1-2-23(26(24,25)20-10-8-17(14-21)9-11-20)19-12-13-22(16-19)15-18-6-4-3-5-7-18/h3-11,19H,2,12-13,15-16H2,1H3. The summed E-state index contributed by atoms with van der Waals surface area (Å²) in [4.78, 5) is 2.55. The Morgan fingerprint density at radius 3 is 2.46 bits per heavy atom. The van der Waals surface area contributed by atoms with Crippen molar-refractivity contribution < 1.29 is 8.42 Å². The molecule has 0 N–H and O–H groups in total.